The van der Waals surface area contributed by atoms with Crippen LogP contribution in [0.1, 0.15) is 29.9 Å². The number of carbonyl (C=O) groups excluding carboxylic acids is 1. The van der Waals surface area contributed by atoms with Gasteiger partial charge in [-0.3, -0.25) is 9.78 Å². The molecule has 2 heterocycles. The van der Waals surface area contributed by atoms with E-state index in [4.69, 9.17) is 5.73 Å². The summed E-state index contributed by atoms with van der Waals surface area (Å²) in [5, 5.41) is 2.82. The van der Waals surface area contributed by atoms with Crippen LogP contribution in [0, 0.1) is 0 Å². The molecule has 0 spiro atoms. The zero-order chi connectivity index (χ0) is 15.9. The Morgan fingerprint density at radius 2 is 1.88 bits per heavy atom. The molecular weight excluding hydrogens is 349 g/mol. The average Bonchev–Trinajstić information content (AvgIpc) is 2.57. The number of nitrogens with zero attached hydrogens (tertiary/aromatic N) is 3. The van der Waals surface area contributed by atoms with Gasteiger partial charge in [0, 0.05) is 31.4 Å². The van der Waals surface area contributed by atoms with Crippen molar-refractivity contribution < 1.29 is 4.79 Å². The summed E-state index contributed by atoms with van der Waals surface area (Å²) in [5.74, 6) is 0.701. The highest BCUT2D eigenvalue weighted by Crippen LogP contribution is 2.15. The van der Waals surface area contributed by atoms with E-state index >= 15 is 0 Å². The van der Waals surface area contributed by atoms with Crippen molar-refractivity contribution in [2.45, 2.75) is 20.4 Å². The van der Waals surface area contributed by atoms with Crippen molar-refractivity contribution in [2.75, 3.05) is 23.3 Å². The summed E-state index contributed by atoms with van der Waals surface area (Å²) in [6.07, 6.45) is 3.25. The lowest BCUT2D eigenvalue weighted by Gasteiger charge is -2.19. The van der Waals surface area contributed by atoms with Gasteiger partial charge in [-0.1, -0.05) is 0 Å². The highest BCUT2D eigenvalue weighted by molar-refractivity contribution is 6.04. The van der Waals surface area contributed by atoms with E-state index in [1.165, 1.54) is 0 Å². The van der Waals surface area contributed by atoms with E-state index < -0.39 is 0 Å². The SMILES string of the molecule is CCN(CC)c1ccc(NC(=O)c2ccnc(CN)c2)cn1.Cl.Cl. The van der Waals surface area contributed by atoms with Crippen molar-refractivity contribution in [3.05, 3.63) is 47.9 Å². The standard InChI is InChI=1S/C16H21N5O.2ClH/c1-3-21(4-2)15-6-5-13(11-19-15)20-16(22)12-7-8-18-14(9-12)10-17;;/h5-9,11H,3-4,10,17H2,1-2H3,(H,20,22);2*1H. The summed E-state index contributed by atoms with van der Waals surface area (Å²) in [4.78, 5) is 22.8. The van der Waals surface area contributed by atoms with Crippen LogP contribution in [0.5, 0.6) is 0 Å². The van der Waals surface area contributed by atoms with E-state index in [-0.39, 0.29) is 30.7 Å². The van der Waals surface area contributed by atoms with Crippen LogP contribution in [-0.2, 0) is 6.54 Å². The Balaban J connectivity index is 0.00000264. The molecule has 2 rings (SSSR count). The van der Waals surface area contributed by atoms with Crippen molar-refractivity contribution in [3.8, 4) is 0 Å². The van der Waals surface area contributed by atoms with Gasteiger partial charge in [0.25, 0.3) is 5.91 Å². The van der Waals surface area contributed by atoms with Gasteiger partial charge < -0.3 is 16.0 Å². The van der Waals surface area contributed by atoms with E-state index in [1.807, 2.05) is 12.1 Å². The zero-order valence-corrected chi connectivity index (χ0v) is 15.4. The molecule has 0 aliphatic carbocycles. The van der Waals surface area contributed by atoms with E-state index in [0.717, 1.165) is 18.9 Å². The second kappa shape index (κ2) is 10.8. The van der Waals surface area contributed by atoms with Gasteiger partial charge in [0.2, 0.25) is 0 Å². The Bertz CT molecular complexity index is 633. The number of amides is 1. The fourth-order valence-electron chi connectivity index (χ4n) is 2.13. The first-order valence-corrected chi connectivity index (χ1v) is 7.35. The molecule has 2 aromatic heterocycles. The van der Waals surface area contributed by atoms with Crippen molar-refractivity contribution in [3.63, 3.8) is 0 Å². The molecule has 0 radical (unpaired) electrons. The topological polar surface area (TPSA) is 84.1 Å². The molecule has 6 nitrogen and oxygen atoms in total. The third-order valence-corrected chi connectivity index (χ3v) is 3.38. The maximum absolute atomic E-state index is 12.2. The lowest BCUT2D eigenvalue weighted by atomic mass is 10.2. The van der Waals surface area contributed by atoms with Crippen molar-refractivity contribution in [1.82, 2.24) is 9.97 Å². The number of halogens is 2. The van der Waals surface area contributed by atoms with E-state index in [0.29, 0.717) is 23.5 Å². The molecule has 0 aliphatic rings. The van der Waals surface area contributed by atoms with Crippen LogP contribution in [0.4, 0.5) is 11.5 Å². The van der Waals surface area contributed by atoms with E-state index in [1.54, 1.807) is 24.5 Å². The van der Waals surface area contributed by atoms with Crippen LogP contribution in [-0.4, -0.2) is 29.0 Å². The van der Waals surface area contributed by atoms with Gasteiger partial charge in [-0.2, -0.15) is 0 Å². The number of nitrogens with two attached hydrogens (primary N) is 1. The molecular formula is C16H23Cl2N5O. The molecule has 0 unspecified atom stereocenters. The predicted molar refractivity (Wildman–Crippen MR) is 102 cm³/mol. The molecule has 24 heavy (non-hydrogen) atoms. The van der Waals surface area contributed by atoms with Gasteiger partial charge in [-0.05, 0) is 38.1 Å². The molecule has 0 fully saturated rings. The maximum Gasteiger partial charge on any atom is 0.255 e. The van der Waals surface area contributed by atoms with E-state index in [9.17, 15) is 4.79 Å². The minimum atomic E-state index is -0.200. The van der Waals surface area contributed by atoms with Gasteiger partial charge in [0.15, 0.2) is 0 Å². The molecule has 0 aliphatic heterocycles. The highest BCUT2D eigenvalue weighted by atomic mass is 35.5. The van der Waals surface area contributed by atoms with Gasteiger partial charge in [-0.15, -0.1) is 24.8 Å². The van der Waals surface area contributed by atoms with Crippen molar-refractivity contribution >= 4 is 42.2 Å². The van der Waals surface area contributed by atoms with Gasteiger partial charge in [0.05, 0.1) is 17.6 Å². The number of carbonyl (C=O) groups is 1. The summed E-state index contributed by atoms with van der Waals surface area (Å²) in [5.41, 5.74) is 7.41. The number of rotatable bonds is 6. The van der Waals surface area contributed by atoms with Crippen molar-refractivity contribution in [1.29, 1.82) is 0 Å². The van der Waals surface area contributed by atoms with Crippen LogP contribution in [0.15, 0.2) is 36.7 Å². The number of hydrogen-bond acceptors (Lipinski definition) is 5. The van der Waals surface area contributed by atoms with Gasteiger partial charge >= 0.3 is 0 Å². The fraction of sp³-hybridized carbons (Fsp3) is 0.312. The Hall–Kier alpha value is -1.89. The number of nitrogens with one attached hydrogen (secondary N) is 1. The Labute approximate surface area is 154 Å². The second-order valence-corrected chi connectivity index (χ2v) is 4.77. The third-order valence-electron chi connectivity index (χ3n) is 3.38. The Morgan fingerprint density at radius 3 is 2.42 bits per heavy atom. The molecule has 132 valence electrons. The molecule has 0 aromatic carbocycles. The summed E-state index contributed by atoms with van der Waals surface area (Å²) in [7, 11) is 0. The van der Waals surface area contributed by atoms with Gasteiger partial charge in [0.1, 0.15) is 5.82 Å². The lowest BCUT2D eigenvalue weighted by molar-refractivity contribution is 0.102. The molecule has 2 aromatic rings. The first-order valence-electron chi connectivity index (χ1n) is 7.35. The van der Waals surface area contributed by atoms with Crippen LogP contribution >= 0.6 is 24.8 Å². The summed E-state index contributed by atoms with van der Waals surface area (Å²) < 4.78 is 0. The summed E-state index contributed by atoms with van der Waals surface area (Å²) in [6, 6.07) is 7.10. The largest absolute Gasteiger partial charge is 0.357 e. The number of aromatic nitrogens is 2. The van der Waals surface area contributed by atoms with Crippen LogP contribution in [0.25, 0.3) is 0 Å². The Kier molecular flexibility index (Phi) is 9.95. The second-order valence-electron chi connectivity index (χ2n) is 4.77. The normalized spacial score (nSPS) is 9.46. The number of anilines is 2. The molecule has 0 bridgehead atoms. The highest BCUT2D eigenvalue weighted by Gasteiger charge is 2.08. The first kappa shape index (κ1) is 22.1. The summed E-state index contributed by atoms with van der Waals surface area (Å²) in [6.45, 7) is 6.27. The maximum atomic E-state index is 12.2. The molecule has 0 saturated heterocycles. The van der Waals surface area contributed by atoms with E-state index in [2.05, 4.69) is 34.0 Å². The molecule has 8 heteroatoms. The minimum absolute atomic E-state index is 0. The van der Waals surface area contributed by atoms with Crippen LogP contribution in [0.2, 0.25) is 0 Å². The van der Waals surface area contributed by atoms with Crippen LogP contribution in [0.3, 0.4) is 0 Å². The molecule has 0 saturated carbocycles. The minimum Gasteiger partial charge on any atom is -0.357 e. The predicted octanol–water partition coefficient (Wildman–Crippen LogP) is 2.88. The zero-order valence-electron chi connectivity index (χ0n) is 13.7. The molecule has 1 amide bonds. The van der Waals surface area contributed by atoms with Crippen LogP contribution < -0.4 is 16.0 Å². The quantitative estimate of drug-likeness (QED) is 0.815. The fourth-order valence-corrected chi connectivity index (χ4v) is 2.13. The van der Waals surface area contributed by atoms with Crippen molar-refractivity contribution in [2.24, 2.45) is 5.73 Å². The smallest absolute Gasteiger partial charge is 0.255 e. The average molecular weight is 372 g/mol. The monoisotopic (exact) mass is 371 g/mol. The molecule has 0 atom stereocenters. The number of hydrogen-bond donors (Lipinski definition) is 2. The Morgan fingerprint density at radius 1 is 1.17 bits per heavy atom. The lowest BCUT2D eigenvalue weighted by Crippen LogP contribution is -2.22. The first-order chi connectivity index (χ1) is 10.7. The third kappa shape index (κ3) is 5.63. The molecule has 3 N–H and O–H groups in total. The van der Waals surface area contributed by atoms with Gasteiger partial charge in [-0.25, -0.2) is 4.98 Å². The number of pyridine rings is 2. The summed E-state index contributed by atoms with van der Waals surface area (Å²) >= 11 is 0.